The summed E-state index contributed by atoms with van der Waals surface area (Å²) in [5.41, 5.74) is -6.89. The summed E-state index contributed by atoms with van der Waals surface area (Å²) in [6, 6.07) is 7.33. The van der Waals surface area contributed by atoms with Gasteiger partial charge in [-0.25, -0.2) is 9.59 Å². The standard InChI is InChI=1S/C14H9ClF3N3O4.C10H8ClF3N2O2/c15-8-1-2-10-9(3-8)13(14(16,17)18,25-12(23)21-10)6-19-11(22)7-4-20-24-5-7;1-15-9(10(12,13)14)6-4-5(11)2-3-7(6)16-8(17)18-9/h1-5H,6H2,(H,19,22)(H,21,23);2-4,15H,1H3,(H,16,17). The molecule has 4 N–H and O–H groups in total. The molecule has 3 aromatic rings. The number of halogens is 8. The van der Waals surface area contributed by atoms with E-state index in [-0.39, 0.29) is 32.5 Å². The van der Waals surface area contributed by atoms with Crippen LogP contribution < -0.4 is 21.3 Å². The number of amides is 3. The zero-order valence-electron chi connectivity index (χ0n) is 21.2. The molecule has 0 saturated heterocycles. The summed E-state index contributed by atoms with van der Waals surface area (Å²) >= 11 is 11.5. The van der Waals surface area contributed by atoms with Gasteiger partial charge in [0, 0.05) is 21.2 Å². The normalized spacial score (nSPS) is 21.0. The highest BCUT2D eigenvalue weighted by molar-refractivity contribution is 6.31. The van der Waals surface area contributed by atoms with Crippen LogP contribution >= 0.6 is 23.2 Å². The van der Waals surface area contributed by atoms with Crippen molar-refractivity contribution in [2.75, 3.05) is 24.2 Å². The fraction of sp³-hybridized carbons (Fsp3) is 0.250. The minimum absolute atomic E-state index is 0.00215. The molecule has 2 aliphatic heterocycles. The predicted octanol–water partition coefficient (Wildman–Crippen LogP) is 5.91. The predicted molar refractivity (Wildman–Crippen MR) is 136 cm³/mol. The van der Waals surface area contributed by atoms with Crippen LogP contribution in [0.3, 0.4) is 0 Å². The van der Waals surface area contributed by atoms with E-state index in [9.17, 15) is 40.7 Å². The lowest BCUT2D eigenvalue weighted by molar-refractivity contribution is -0.275. The number of hydrogen-bond donors (Lipinski definition) is 4. The molecule has 2 aromatic carbocycles. The maximum absolute atomic E-state index is 13.8. The van der Waals surface area contributed by atoms with Gasteiger partial charge in [-0.05, 0) is 43.4 Å². The summed E-state index contributed by atoms with van der Waals surface area (Å²) in [4.78, 5) is 34.8. The van der Waals surface area contributed by atoms with E-state index in [0.29, 0.717) is 0 Å². The van der Waals surface area contributed by atoms with E-state index in [1.165, 1.54) is 24.3 Å². The van der Waals surface area contributed by atoms with Gasteiger partial charge in [0.2, 0.25) is 0 Å². The van der Waals surface area contributed by atoms with Crippen molar-refractivity contribution < 1.29 is 54.7 Å². The molecule has 11 nitrogen and oxygen atoms in total. The monoisotopic (exact) mass is 655 g/mol. The average Bonchev–Trinajstić information content (AvgIpc) is 3.46. The Bertz CT molecular complexity index is 1550. The number of nitrogens with zero attached hydrogens (tertiary/aromatic N) is 1. The second-order valence-electron chi connectivity index (χ2n) is 8.76. The number of benzene rings is 2. The second kappa shape index (κ2) is 11.5. The first kappa shape index (κ1) is 31.7. The molecule has 0 fully saturated rings. The Labute approximate surface area is 246 Å². The molecule has 230 valence electrons. The van der Waals surface area contributed by atoms with E-state index in [4.69, 9.17) is 23.2 Å². The number of fused-ring (bicyclic) bond motifs is 2. The summed E-state index contributed by atoms with van der Waals surface area (Å²) in [7, 11) is 1.05. The summed E-state index contributed by atoms with van der Waals surface area (Å²) in [6.45, 7) is -1.05. The largest absolute Gasteiger partial charge is 0.447 e. The molecule has 3 amide bonds. The van der Waals surface area contributed by atoms with Crippen LogP contribution in [0, 0.1) is 0 Å². The quantitative estimate of drug-likeness (QED) is 0.254. The smallest absolute Gasteiger partial charge is 0.426 e. The number of rotatable bonds is 4. The maximum Gasteiger partial charge on any atom is 0.447 e. The van der Waals surface area contributed by atoms with Gasteiger partial charge in [0.05, 0.1) is 29.7 Å². The third-order valence-corrected chi connectivity index (χ3v) is 6.64. The molecule has 3 heterocycles. The number of ether oxygens (including phenoxy) is 2. The zero-order valence-corrected chi connectivity index (χ0v) is 22.8. The Kier molecular flexibility index (Phi) is 8.45. The number of cyclic esters (lactones) is 2. The molecule has 43 heavy (non-hydrogen) atoms. The SMILES string of the molecule is CNC1(C(F)(F)F)OC(=O)Nc2ccc(Cl)cc21.O=C1Nc2ccc(Cl)cc2C(CNC(=O)c2cnoc2)(C(F)(F)F)O1. The first-order valence-electron chi connectivity index (χ1n) is 11.6. The molecule has 2 unspecified atom stereocenters. The molecular formula is C24H17Cl2F6N5O6. The summed E-state index contributed by atoms with van der Waals surface area (Å²) in [6.07, 6.45) is -10.3. The van der Waals surface area contributed by atoms with Crippen molar-refractivity contribution in [2.24, 2.45) is 0 Å². The molecule has 19 heteroatoms. The first-order valence-corrected chi connectivity index (χ1v) is 12.4. The van der Waals surface area contributed by atoms with Crippen LogP contribution in [0.2, 0.25) is 10.0 Å². The molecule has 0 radical (unpaired) electrons. The summed E-state index contributed by atoms with van der Waals surface area (Å²) in [5.74, 6) is -0.872. The van der Waals surface area contributed by atoms with Crippen LogP contribution in [0.15, 0.2) is 53.4 Å². The van der Waals surface area contributed by atoms with E-state index in [1.807, 2.05) is 5.32 Å². The van der Waals surface area contributed by atoms with Crippen LogP contribution in [-0.2, 0) is 20.8 Å². The fourth-order valence-corrected chi connectivity index (χ4v) is 4.50. The summed E-state index contributed by atoms with van der Waals surface area (Å²) in [5, 5.41) is 11.9. The van der Waals surface area contributed by atoms with Gasteiger partial charge in [-0.3, -0.25) is 20.7 Å². The Morgan fingerprint density at radius 1 is 0.907 bits per heavy atom. The fourth-order valence-electron chi connectivity index (χ4n) is 4.16. The molecule has 0 spiro atoms. The third kappa shape index (κ3) is 6.00. The van der Waals surface area contributed by atoms with Gasteiger partial charge in [-0.15, -0.1) is 0 Å². The Morgan fingerprint density at radius 2 is 1.47 bits per heavy atom. The Morgan fingerprint density at radius 3 is 1.98 bits per heavy atom. The van der Waals surface area contributed by atoms with Crippen molar-refractivity contribution in [1.29, 1.82) is 0 Å². The number of anilines is 2. The van der Waals surface area contributed by atoms with Crippen molar-refractivity contribution in [3.05, 3.63) is 75.6 Å². The summed E-state index contributed by atoms with van der Waals surface area (Å²) < 4.78 is 94.5. The first-order chi connectivity index (χ1) is 20.0. The number of carbonyl (C=O) groups is 3. The van der Waals surface area contributed by atoms with Crippen molar-refractivity contribution in [3.8, 4) is 0 Å². The zero-order chi connectivity index (χ0) is 31.8. The minimum Gasteiger partial charge on any atom is -0.426 e. The Hall–Kier alpha value is -4.22. The molecule has 5 rings (SSSR count). The highest BCUT2D eigenvalue weighted by Gasteiger charge is 2.63. The number of nitrogens with one attached hydrogen (secondary N) is 4. The lowest BCUT2D eigenvalue weighted by Crippen LogP contribution is -2.58. The molecule has 1 aromatic heterocycles. The van der Waals surface area contributed by atoms with Gasteiger partial charge in [0.25, 0.3) is 17.2 Å². The van der Waals surface area contributed by atoms with E-state index < -0.39 is 53.9 Å². The van der Waals surface area contributed by atoms with Gasteiger partial charge >= 0.3 is 24.5 Å². The van der Waals surface area contributed by atoms with Gasteiger partial charge in [0.15, 0.2) is 0 Å². The van der Waals surface area contributed by atoms with Crippen molar-refractivity contribution in [1.82, 2.24) is 15.8 Å². The van der Waals surface area contributed by atoms with Crippen LogP contribution in [0.1, 0.15) is 21.5 Å². The average molecular weight is 656 g/mol. The van der Waals surface area contributed by atoms with E-state index in [1.54, 1.807) is 0 Å². The highest BCUT2D eigenvalue weighted by atomic mass is 35.5. The number of hydrogen-bond acceptors (Lipinski definition) is 8. The van der Waals surface area contributed by atoms with Gasteiger partial charge < -0.3 is 19.3 Å². The lowest BCUT2D eigenvalue weighted by Gasteiger charge is -2.39. The van der Waals surface area contributed by atoms with E-state index >= 15 is 0 Å². The van der Waals surface area contributed by atoms with Crippen molar-refractivity contribution >= 4 is 52.7 Å². The maximum atomic E-state index is 13.8. The Balaban J connectivity index is 0.000000208. The highest BCUT2D eigenvalue weighted by Crippen LogP contribution is 2.48. The molecule has 0 bridgehead atoms. The van der Waals surface area contributed by atoms with Crippen molar-refractivity contribution in [2.45, 2.75) is 23.7 Å². The van der Waals surface area contributed by atoms with Crippen LogP contribution in [0.25, 0.3) is 0 Å². The molecular weight excluding hydrogens is 639 g/mol. The van der Waals surface area contributed by atoms with Crippen LogP contribution in [-0.4, -0.2) is 49.2 Å². The molecule has 2 atom stereocenters. The molecule has 2 aliphatic rings. The van der Waals surface area contributed by atoms with Gasteiger partial charge in [-0.2, -0.15) is 26.3 Å². The molecule has 0 saturated carbocycles. The van der Waals surface area contributed by atoms with Gasteiger partial charge in [0.1, 0.15) is 6.26 Å². The second-order valence-corrected chi connectivity index (χ2v) is 9.63. The van der Waals surface area contributed by atoms with E-state index in [0.717, 1.165) is 31.6 Å². The van der Waals surface area contributed by atoms with Gasteiger partial charge in [-0.1, -0.05) is 28.4 Å². The lowest BCUT2D eigenvalue weighted by atomic mass is 9.89. The topological polar surface area (TPSA) is 144 Å². The number of alkyl halides is 6. The minimum atomic E-state index is -5.02. The van der Waals surface area contributed by atoms with E-state index in [2.05, 4.69) is 35.1 Å². The van der Waals surface area contributed by atoms with Crippen molar-refractivity contribution in [3.63, 3.8) is 0 Å². The third-order valence-electron chi connectivity index (χ3n) is 6.17. The number of carbonyl (C=O) groups excluding carboxylic acids is 3. The van der Waals surface area contributed by atoms with Crippen LogP contribution in [0.4, 0.5) is 47.3 Å². The number of aromatic nitrogens is 1. The molecule has 0 aliphatic carbocycles. The van der Waals surface area contributed by atoms with Crippen LogP contribution in [0.5, 0.6) is 0 Å².